The lowest BCUT2D eigenvalue weighted by atomic mass is 9.88. The number of hydrogen-bond donors (Lipinski definition) is 2. The molecule has 16 heteroatoms. The lowest BCUT2D eigenvalue weighted by Crippen LogP contribution is -2.54. The largest absolute Gasteiger partial charge is 0.581 e. The number of rotatable bonds is 10. The lowest BCUT2D eigenvalue weighted by Gasteiger charge is -2.31. The minimum absolute atomic E-state index is 0.0284. The molecule has 3 aromatic rings. The van der Waals surface area contributed by atoms with Gasteiger partial charge in [0.2, 0.25) is 11.8 Å². The summed E-state index contributed by atoms with van der Waals surface area (Å²) in [7, 11) is 0. The van der Waals surface area contributed by atoms with Gasteiger partial charge in [-0.2, -0.15) is 5.26 Å². The molecule has 5 fully saturated rings. The molecule has 14 nitrogen and oxygen atoms in total. The molecule has 0 radical (unpaired) electrons. The van der Waals surface area contributed by atoms with E-state index in [9.17, 15) is 24.0 Å². The third-order valence-corrected chi connectivity index (χ3v) is 14.6. The zero-order valence-electron chi connectivity index (χ0n) is 35.2. The van der Waals surface area contributed by atoms with Gasteiger partial charge in [-0.15, -0.1) is 10.2 Å². The monoisotopic (exact) mass is 879 g/mol. The van der Waals surface area contributed by atoms with E-state index in [0.717, 1.165) is 119 Å². The Balaban J connectivity index is 0.713. The van der Waals surface area contributed by atoms with Gasteiger partial charge < -0.3 is 19.9 Å². The molecule has 63 heavy (non-hydrogen) atoms. The summed E-state index contributed by atoms with van der Waals surface area (Å²) in [5, 5.41) is 23.7. The van der Waals surface area contributed by atoms with E-state index < -0.39 is 35.5 Å². The summed E-state index contributed by atoms with van der Waals surface area (Å²) >= 11 is 6.18. The molecule has 4 atom stereocenters. The average molecular weight is 880 g/mol. The van der Waals surface area contributed by atoms with Crippen molar-refractivity contribution in [2.45, 2.75) is 102 Å². The molecule has 4 unspecified atom stereocenters. The fourth-order valence-corrected chi connectivity index (χ4v) is 11.2. The Morgan fingerprint density at radius 3 is 2.35 bits per heavy atom. The van der Waals surface area contributed by atoms with Crippen LogP contribution in [-0.2, 0) is 16.0 Å². The second-order valence-electron chi connectivity index (χ2n) is 18.5. The topological polar surface area (TPSA) is 181 Å². The summed E-state index contributed by atoms with van der Waals surface area (Å²) < 4.78 is 20.3. The van der Waals surface area contributed by atoms with Crippen molar-refractivity contribution in [3.05, 3.63) is 81.3 Å². The van der Waals surface area contributed by atoms with Crippen LogP contribution in [0.2, 0.25) is 5.02 Å². The highest BCUT2D eigenvalue weighted by Gasteiger charge is 2.46. The number of aliphatic hydroxyl groups is 1. The minimum atomic E-state index is -1.08. The number of aromatic nitrogens is 2. The second kappa shape index (κ2) is 18.3. The quantitative estimate of drug-likeness (QED) is 0.189. The van der Waals surface area contributed by atoms with Crippen molar-refractivity contribution in [1.29, 1.82) is 5.26 Å². The molecule has 0 spiro atoms. The first-order valence-electron chi connectivity index (χ1n) is 22.6. The summed E-state index contributed by atoms with van der Waals surface area (Å²) in [6.45, 7) is 4.88. The normalized spacial score (nSPS) is 27.6. The molecule has 5 amide bonds. The third-order valence-electron chi connectivity index (χ3n) is 14.3. The number of aromatic hydroxyl groups is 1. The van der Waals surface area contributed by atoms with Gasteiger partial charge in [0.1, 0.15) is 17.9 Å². The van der Waals surface area contributed by atoms with Crippen LogP contribution in [0.4, 0.5) is 10.2 Å². The van der Waals surface area contributed by atoms with Gasteiger partial charge in [-0.3, -0.25) is 34.2 Å². The maximum absolute atomic E-state index is 15.5. The Hall–Kier alpha value is -5.46. The summed E-state index contributed by atoms with van der Waals surface area (Å²) in [4.78, 5) is 69.6. The van der Waals surface area contributed by atoms with Gasteiger partial charge in [-0.05, 0) is 124 Å². The third kappa shape index (κ3) is 9.29. The molecule has 3 saturated heterocycles. The van der Waals surface area contributed by atoms with Crippen molar-refractivity contribution < 1.29 is 33.1 Å². The van der Waals surface area contributed by atoms with Gasteiger partial charge in [0, 0.05) is 51.0 Å². The van der Waals surface area contributed by atoms with Crippen LogP contribution in [0.3, 0.4) is 0 Å². The molecule has 3 N–H and O–H groups in total. The number of ether oxygens (including phenoxy) is 1. The number of likely N-dealkylation sites (tertiary alicyclic amines) is 1. The molecule has 1 aromatic heterocycles. The summed E-state index contributed by atoms with van der Waals surface area (Å²) in [6, 6.07) is 12.6. The van der Waals surface area contributed by atoms with Crippen molar-refractivity contribution in [3.8, 4) is 11.8 Å². The van der Waals surface area contributed by atoms with Crippen molar-refractivity contribution in [2.75, 3.05) is 37.6 Å². The molecule has 6 aliphatic rings. The number of piperidine rings is 1. The van der Waals surface area contributed by atoms with Crippen molar-refractivity contribution in [2.24, 2.45) is 23.7 Å². The van der Waals surface area contributed by atoms with Gasteiger partial charge in [-0.25, -0.2) is 4.39 Å². The predicted molar refractivity (Wildman–Crippen MR) is 230 cm³/mol. The standard InChI is InChI=1S/C47H52ClFN8O6/c48-38-21-35(7-4-29(38)23-50)63-34-8-5-33(6-9-34)51-44(59)40-10-12-42(54-53-40)56-25-31-18-28(19-32(31)26-56)24-55-15-2-1-3-27(14-16-55)17-30-20-36-37(22-39(30)49)47(62)57(46(36)61)41-11-13-43(58)52-45(41)60/h4,7,10,12,20-22,27-28,31-34,41H,1-3,5-6,8-9,11,13-19,24-26H2,(H,51,59)(H,52,58,60)/p+1. The van der Waals surface area contributed by atoms with E-state index >= 15 is 4.39 Å². The van der Waals surface area contributed by atoms with E-state index in [-0.39, 0.29) is 47.9 Å². The van der Waals surface area contributed by atoms with Crippen LogP contribution >= 0.6 is 11.6 Å². The van der Waals surface area contributed by atoms with Gasteiger partial charge >= 0.3 is 0 Å². The molecule has 4 aliphatic heterocycles. The SMILES string of the molecule is N#Cc1ccc([OH+]C2CCC(NC(=O)c3ccc(N4CC5CC(CN6CCCCC(Cc7cc8c(cc7F)C(=O)N(C7CCC(=O)NC7=O)C8=O)CC6)CC5C4)nn3)CC2)cc1Cl. The highest BCUT2D eigenvalue weighted by atomic mass is 35.5. The number of benzene rings is 2. The number of nitriles is 1. The first kappa shape index (κ1) is 42.8. The Kier molecular flexibility index (Phi) is 12.5. The van der Waals surface area contributed by atoms with Crippen LogP contribution in [0, 0.1) is 40.8 Å². The Labute approximate surface area is 370 Å². The number of fused-ring (bicyclic) bond motifs is 2. The van der Waals surface area contributed by atoms with E-state index in [2.05, 4.69) is 36.7 Å². The van der Waals surface area contributed by atoms with Crippen LogP contribution in [0.5, 0.6) is 5.75 Å². The smallest absolute Gasteiger partial charge is 0.272 e. The number of nitrogens with one attached hydrogen (secondary N) is 2. The maximum atomic E-state index is 15.5. The summed E-state index contributed by atoms with van der Waals surface area (Å²) in [6.07, 6.45) is 10.3. The molecule has 5 heterocycles. The summed E-state index contributed by atoms with van der Waals surface area (Å²) in [5.41, 5.74) is 1.26. The average Bonchev–Trinajstić information content (AvgIpc) is 3.90. The van der Waals surface area contributed by atoms with E-state index in [1.807, 2.05) is 12.1 Å². The number of nitrogens with zero attached hydrogens (tertiary/aromatic N) is 6. The molecule has 2 saturated carbocycles. The van der Waals surface area contributed by atoms with Gasteiger partial charge in [0.25, 0.3) is 23.5 Å². The Bertz CT molecular complexity index is 2320. The van der Waals surface area contributed by atoms with E-state index in [1.165, 1.54) is 6.07 Å². The molecule has 2 aromatic carbocycles. The highest BCUT2D eigenvalue weighted by Crippen LogP contribution is 2.43. The maximum Gasteiger partial charge on any atom is 0.272 e. The number of carbonyl (C=O) groups excluding carboxylic acids is 5. The van der Waals surface area contributed by atoms with Crippen molar-refractivity contribution in [1.82, 2.24) is 30.6 Å². The van der Waals surface area contributed by atoms with E-state index in [4.69, 9.17) is 21.6 Å². The first-order chi connectivity index (χ1) is 30.5. The number of hydrogen-bond acceptors (Lipinski definition) is 10. The fraction of sp³-hybridized carbons (Fsp3) is 0.532. The summed E-state index contributed by atoms with van der Waals surface area (Å²) in [5.74, 6) is 0.426. The number of anilines is 1. The van der Waals surface area contributed by atoms with E-state index in [0.29, 0.717) is 46.0 Å². The first-order valence-corrected chi connectivity index (χ1v) is 22.9. The molecule has 9 rings (SSSR count). The van der Waals surface area contributed by atoms with Crippen LogP contribution in [0.25, 0.3) is 0 Å². The highest BCUT2D eigenvalue weighted by molar-refractivity contribution is 6.31. The van der Waals surface area contributed by atoms with Crippen LogP contribution in [0.15, 0.2) is 42.5 Å². The van der Waals surface area contributed by atoms with Gasteiger partial charge in [0.15, 0.2) is 17.6 Å². The number of imide groups is 2. The van der Waals surface area contributed by atoms with Crippen molar-refractivity contribution in [3.63, 3.8) is 0 Å². The van der Waals surface area contributed by atoms with E-state index in [1.54, 1.807) is 18.2 Å². The molecular formula is C47H53ClFN8O6+. The number of amides is 5. The van der Waals surface area contributed by atoms with Crippen LogP contribution < -0.4 is 15.5 Å². The minimum Gasteiger partial charge on any atom is -0.581 e. The van der Waals surface area contributed by atoms with Crippen LogP contribution in [0.1, 0.15) is 119 Å². The zero-order chi connectivity index (χ0) is 43.8. The molecule has 2 aliphatic carbocycles. The Morgan fingerprint density at radius 1 is 0.889 bits per heavy atom. The molecule has 330 valence electrons. The zero-order valence-corrected chi connectivity index (χ0v) is 36.0. The predicted octanol–water partition coefficient (Wildman–Crippen LogP) is 5.72. The van der Waals surface area contributed by atoms with Crippen molar-refractivity contribution >= 4 is 47.0 Å². The molecular weight excluding hydrogens is 827 g/mol. The van der Waals surface area contributed by atoms with Gasteiger partial charge in [0.05, 0.1) is 27.8 Å². The number of carbonyl (C=O) groups is 5. The van der Waals surface area contributed by atoms with Gasteiger partial charge in [-0.1, -0.05) is 24.4 Å². The molecule has 0 bridgehead atoms. The van der Waals surface area contributed by atoms with Crippen LogP contribution in [-0.4, -0.2) is 105 Å². The Morgan fingerprint density at radius 2 is 1.65 bits per heavy atom. The lowest BCUT2D eigenvalue weighted by molar-refractivity contribution is -0.136. The number of halogens is 2. The second-order valence-corrected chi connectivity index (χ2v) is 18.9. The fourth-order valence-electron chi connectivity index (χ4n) is 11.0.